The van der Waals surface area contributed by atoms with Crippen molar-refractivity contribution in [2.75, 3.05) is 18.2 Å². The Morgan fingerprint density at radius 2 is 2.07 bits per heavy atom. The number of carbonyl (C=O) groups is 1. The molecule has 3 aromatic rings. The third-order valence-electron chi connectivity index (χ3n) is 3.74. The number of nitrogens with one attached hydrogen (secondary N) is 1. The minimum Gasteiger partial charge on any atom is -0.495 e. The summed E-state index contributed by atoms with van der Waals surface area (Å²) in [5.41, 5.74) is 1.80. The van der Waals surface area contributed by atoms with E-state index < -0.39 is 17.5 Å². The average Bonchev–Trinajstić information content (AvgIpc) is 3.11. The van der Waals surface area contributed by atoms with Crippen LogP contribution < -0.4 is 10.1 Å². The standard InChI is InChI=1S/C19H17F2N3O2S/c1-12-3-6-17(26-2)16(9-12)24-8-7-22-19(24)27-11-18(25)23-15-5-4-13(20)10-14(15)21/h3-10H,11H2,1-2H3,(H,23,25). The summed E-state index contributed by atoms with van der Waals surface area (Å²) >= 11 is 1.20. The van der Waals surface area contributed by atoms with Gasteiger partial charge in [0.2, 0.25) is 5.91 Å². The molecule has 0 atom stereocenters. The monoisotopic (exact) mass is 389 g/mol. The molecule has 5 nitrogen and oxygen atoms in total. The van der Waals surface area contributed by atoms with Crippen molar-refractivity contribution in [3.05, 3.63) is 66.0 Å². The first-order valence-corrected chi connectivity index (χ1v) is 9.02. The van der Waals surface area contributed by atoms with Gasteiger partial charge < -0.3 is 10.1 Å². The number of imidazole rings is 1. The van der Waals surface area contributed by atoms with Gasteiger partial charge in [-0.3, -0.25) is 9.36 Å². The van der Waals surface area contributed by atoms with Crippen molar-refractivity contribution in [2.45, 2.75) is 12.1 Å². The van der Waals surface area contributed by atoms with Gasteiger partial charge in [-0.1, -0.05) is 17.8 Å². The highest BCUT2D eigenvalue weighted by atomic mass is 32.2. The first-order valence-electron chi connectivity index (χ1n) is 8.04. The van der Waals surface area contributed by atoms with Crippen LogP contribution in [0.4, 0.5) is 14.5 Å². The van der Waals surface area contributed by atoms with Gasteiger partial charge >= 0.3 is 0 Å². The lowest BCUT2D eigenvalue weighted by atomic mass is 10.2. The smallest absolute Gasteiger partial charge is 0.234 e. The summed E-state index contributed by atoms with van der Waals surface area (Å²) in [6.07, 6.45) is 3.40. The van der Waals surface area contributed by atoms with E-state index in [0.717, 1.165) is 23.4 Å². The van der Waals surface area contributed by atoms with Gasteiger partial charge in [0.15, 0.2) is 5.16 Å². The number of hydrogen-bond donors (Lipinski definition) is 1. The molecule has 0 unspecified atom stereocenters. The predicted octanol–water partition coefficient (Wildman–Crippen LogP) is 4.20. The summed E-state index contributed by atoms with van der Waals surface area (Å²) in [5.74, 6) is -1.25. The van der Waals surface area contributed by atoms with E-state index in [1.54, 1.807) is 19.5 Å². The van der Waals surface area contributed by atoms with E-state index in [2.05, 4.69) is 10.3 Å². The van der Waals surface area contributed by atoms with Crippen LogP contribution in [-0.4, -0.2) is 28.3 Å². The minimum absolute atomic E-state index is 0.0158. The van der Waals surface area contributed by atoms with Crippen molar-refractivity contribution < 1.29 is 18.3 Å². The van der Waals surface area contributed by atoms with Crippen LogP contribution in [0.2, 0.25) is 0 Å². The van der Waals surface area contributed by atoms with E-state index in [1.807, 2.05) is 29.7 Å². The Hall–Kier alpha value is -2.87. The van der Waals surface area contributed by atoms with Crippen LogP contribution in [0.3, 0.4) is 0 Å². The molecule has 0 saturated heterocycles. The summed E-state index contributed by atoms with van der Waals surface area (Å²) in [6, 6.07) is 8.76. The second kappa shape index (κ2) is 8.22. The van der Waals surface area contributed by atoms with Crippen molar-refractivity contribution in [1.29, 1.82) is 0 Å². The summed E-state index contributed by atoms with van der Waals surface area (Å²) in [7, 11) is 1.59. The molecule has 1 heterocycles. The number of benzene rings is 2. The Morgan fingerprint density at radius 3 is 2.81 bits per heavy atom. The summed E-state index contributed by atoms with van der Waals surface area (Å²) in [5, 5.41) is 3.02. The first-order chi connectivity index (χ1) is 13.0. The molecule has 1 amide bonds. The maximum absolute atomic E-state index is 13.6. The maximum Gasteiger partial charge on any atom is 0.234 e. The van der Waals surface area contributed by atoms with Gasteiger partial charge in [0.1, 0.15) is 17.4 Å². The fourth-order valence-electron chi connectivity index (χ4n) is 2.48. The van der Waals surface area contributed by atoms with Gasteiger partial charge in [0, 0.05) is 18.5 Å². The number of methoxy groups -OCH3 is 1. The van der Waals surface area contributed by atoms with Crippen molar-refractivity contribution in [2.24, 2.45) is 0 Å². The Kier molecular flexibility index (Phi) is 5.75. The number of halogens is 2. The van der Waals surface area contributed by atoms with Crippen LogP contribution in [0, 0.1) is 18.6 Å². The summed E-state index contributed by atoms with van der Waals surface area (Å²) < 4.78 is 33.8. The molecule has 0 fully saturated rings. The molecule has 0 radical (unpaired) electrons. The molecule has 2 aromatic carbocycles. The first kappa shape index (κ1) is 18.9. The second-order valence-electron chi connectivity index (χ2n) is 5.72. The molecule has 0 aliphatic heterocycles. The topological polar surface area (TPSA) is 56.2 Å². The molecule has 1 aromatic heterocycles. The Morgan fingerprint density at radius 1 is 1.26 bits per heavy atom. The van der Waals surface area contributed by atoms with Gasteiger partial charge in [0.05, 0.1) is 24.2 Å². The van der Waals surface area contributed by atoms with E-state index >= 15 is 0 Å². The summed E-state index contributed by atoms with van der Waals surface area (Å²) in [4.78, 5) is 16.4. The quantitative estimate of drug-likeness (QED) is 0.642. The molecular formula is C19H17F2N3O2S. The zero-order chi connectivity index (χ0) is 19.4. The van der Waals surface area contributed by atoms with Gasteiger partial charge in [0.25, 0.3) is 0 Å². The van der Waals surface area contributed by atoms with Crippen LogP contribution >= 0.6 is 11.8 Å². The van der Waals surface area contributed by atoms with E-state index in [-0.39, 0.29) is 11.4 Å². The van der Waals surface area contributed by atoms with Crippen molar-refractivity contribution in [3.63, 3.8) is 0 Å². The van der Waals surface area contributed by atoms with Crippen LogP contribution in [0.15, 0.2) is 53.9 Å². The van der Waals surface area contributed by atoms with Crippen molar-refractivity contribution in [1.82, 2.24) is 9.55 Å². The molecule has 0 aliphatic rings. The molecule has 1 N–H and O–H groups in total. The van der Waals surface area contributed by atoms with Crippen LogP contribution in [0.1, 0.15) is 5.56 Å². The minimum atomic E-state index is -0.820. The number of ether oxygens (including phenoxy) is 1. The fourth-order valence-corrected chi connectivity index (χ4v) is 3.24. The SMILES string of the molecule is COc1ccc(C)cc1-n1ccnc1SCC(=O)Nc1ccc(F)cc1F. The third kappa shape index (κ3) is 4.46. The highest BCUT2D eigenvalue weighted by Crippen LogP contribution is 2.28. The van der Waals surface area contributed by atoms with E-state index in [1.165, 1.54) is 17.8 Å². The molecule has 0 aliphatic carbocycles. The number of hydrogen-bond acceptors (Lipinski definition) is 4. The van der Waals surface area contributed by atoms with E-state index in [9.17, 15) is 13.6 Å². The van der Waals surface area contributed by atoms with Gasteiger partial charge in [-0.2, -0.15) is 0 Å². The van der Waals surface area contributed by atoms with Crippen molar-refractivity contribution in [3.8, 4) is 11.4 Å². The zero-order valence-electron chi connectivity index (χ0n) is 14.7. The van der Waals surface area contributed by atoms with Crippen molar-refractivity contribution >= 4 is 23.4 Å². The molecule has 140 valence electrons. The number of aryl methyl sites for hydroxylation is 1. The number of nitrogens with zero attached hydrogens (tertiary/aromatic N) is 2. The molecule has 8 heteroatoms. The van der Waals surface area contributed by atoms with E-state index in [0.29, 0.717) is 10.9 Å². The van der Waals surface area contributed by atoms with Crippen LogP contribution in [0.25, 0.3) is 5.69 Å². The third-order valence-corrected chi connectivity index (χ3v) is 4.71. The van der Waals surface area contributed by atoms with E-state index in [4.69, 9.17) is 4.74 Å². The molecular weight excluding hydrogens is 372 g/mol. The molecule has 3 rings (SSSR count). The molecule has 0 bridgehead atoms. The number of anilines is 1. The highest BCUT2D eigenvalue weighted by Gasteiger charge is 2.14. The Bertz CT molecular complexity index is 975. The highest BCUT2D eigenvalue weighted by molar-refractivity contribution is 7.99. The number of aromatic nitrogens is 2. The number of rotatable bonds is 6. The second-order valence-corrected chi connectivity index (χ2v) is 6.66. The Balaban J connectivity index is 1.72. The average molecular weight is 389 g/mol. The normalized spacial score (nSPS) is 10.7. The lowest BCUT2D eigenvalue weighted by Crippen LogP contribution is -2.15. The number of carbonyl (C=O) groups excluding carboxylic acids is 1. The van der Waals surface area contributed by atoms with Gasteiger partial charge in [-0.15, -0.1) is 0 Å². The van der Waals surface area contributed by atoms with Gasteiger partial charge in [-0.25, -0.2) is 13.8 Å². The molecule has 0 spiro atoms. The van der Waals surface area contributed by atoms with Gasteiger partial charge in [-0.05, 0) is 36.8 Å². The van der Waals surface area contributed by atoms with Crippen LogP contribution in [0.5, 0.6) is 5.75 Å². The fraction of sp³-hybridized carbons (Fsp3) is 0.158. The largest absolute Gasteiger partial charge is 0.495 e. The number of amides is 1. The zero-order valence-corrected chi connectivity index (χ0v) is 15.5. The Labute approximate surface area is 159 Å². The maximum atomic E-state index is 13.6. The summed E-state index contributed by atoms with van der Waals surface area (Å²) in [6.45, 7) is 1.97. The van der Waals surface area contributed by atoms with Crippen LogP contribution in [-0.2, 0) is 4.79 Å². The molecule has 27 heavy (non-hydrogen) atoms. The lowest BCUT2D eigenvalue weighted by Gasteiger charge is -2.13. The lowest BCUT2D eigenvalue weighted by molar-refractivity contribution is -0.113. The molecule has 0 saturated carbocycles. The predicted molar refractivity (Wildman–Crippen MR) is 101 cm³/mol. The number of thioether (sulfide) groups is 1.